The van der Waals surface area contributed by atoms with Crippen LogP contribution in [0.5, 0.6) is 0 Å². The molecule has 10 rings (SSSR count). The number of carbonyl (C=O) groups excluding carboxylic acids is 1. The van der Waals surface area contributed by atoms with Crippen molar-refractivity contribution in [3.05, 3.63) is 54.1 Å². The molecule has 2 aromatic carbocycles. The average Bonchev–Trinajstić information content (AvgIpc) is 2.91. The van der Waals surface area contributed by atoms with E-state index < -0.39 is 0 Å². The number of hydrogen-bond donors (Lipinski definition) is 0. The summed E-state index contributed by atoms with van der Waals surface area (Å²) in [4.78, 5) is 15.9. The average molecular weight is 814 g/mol. The molecule has 0 atom stereocenters. The Morgan fingerprint density at radius 1 is 0.682 bits per heavy atom. The Hall–Kier alpha value is -0.630. The molecule has 242 valence electrons. The third-order valence-corrected chi connectivity index (χ3v) is 16.7. The van der Waals surface area contributed by atoms with Crippen LogP contribution in [-0.2, 0) is 22.4 Å². The maximum atomic E-state index is 13.8. The van der Waals surface area contributed by atoms with Crippen molar-refractivity contribution in [2.45, 2.75) is 127 Å². The zero-order valence-electron chi connectivity index (χ0n) is 27.2. The van der Waals surface area contributed by atoms with Crippen LogP contribution >= 0.6 is 7.92 Å². The molecule has 8 saturated carbocycles. The molecular formula is C39H52AuClNOP. The van der Waals surface area contributed by atoms with Gasteiger partial charge in [-0.2, -0.15) is 0 Å². The molecule has 8 bridgehead atoms. The zero-order valence-corrected chi connectivity index (χ0v) is 31.0. The van der Waals surface area contributed by atoms with Gasteiger partial charge >= 0.3 is 22.4 Å². The first-order valence-electron chi connectivity index (χ1n) is 17.5. The van der Waals surface area contributed by atoms with Crippen molar-refractivity contribution in [1.82, 2.24) is 4.90 Å². The molecule has 0 radical (unpaired) electrons. The summed E-state index contributed by atoms with van der Waals surface area (Å²) in [6.07, 6.45) is 18.2. The van der Waals surface area contributed by atoms with E-state index in [1.807, 2.05) is 11.0 Å². The van der Waals surface area contributed by atoms with E-state index in [-0.39, 0.29) is 60.7 Å². The molecule has 0 aromatic heterocycles. The minimum atomic E-state index is -0.302. The van der Waals surface area contributed by atoms with Gasteiger partial charge in [-0.15, -0.1) is 0 Å². The molecule has 0 unspecified atom stereocenters. The standard InChI is InChI=1S/C39H52NOP.Au.ClH/c1-25(2)40(26(3)4)37(41)34-9-7-8-33(18-34)35-10-5-6-11-36(35)42(38-19-27-12-28(20-38)14-29(13-27)21-38)39-22-30-15-31(23-39)17-32(16-30)24-39;;/h5-11,18,25-32H,12-17,19-24H2,1-4H3;;1H/q;+1;/p-1. The second kappa shape index (κ2) is 12.4. The molecular weight excluding hydrogens is 762 g/mol. The maximum Gasteiger partial charge on any atom is 1.00 e. The van der Waals surface area contributed by atoms with Crippen molar-refractivity contribution in [3.63, 3.8) is 0 Å². The first-order valence-corrected chi connectivity index (χ1v) is 18.9. The van der Waals surface area contributed by atoms with Gasteiger partial charge in [-0.1, -0.05) is 44.3 Å². The minimum absolute atomic E-state index is 0. The topological polar surface area (TPSA) is 20.3 Å². The molecule has 2 aromatic rings. The van der Waals surface area contributed by atoms with Crippen LogP contribution in [0.15, 0.2) is 48.5 Å². The third-order valence-electron chi connectivity index (χ3n) is 12.9. The number of nitrogens with zero attached hydrogens (tertiary/aromatic N) is 1. The molecule has 44 heavy (non-hydrogen) atoms. The number of halogens is 1. The summed E-state index contributed by atoms with van der Waals surface area (Å²) in [7, 11) is -0.302. The van der Waals surface area contributed by atoms with Gasteiger partial charge in [0.25, 0.3) is 5.91 Å². The summed E-state index contributed by atoms with van der Waals surface area (Å²) in [5.41, 5.74) is 3.56. The van der Waals surface area contributed by atoms with Crippen LogP contribution in [0.1, 0.15) is 115 Å². The van der Waals surface area contributed by atoms with Gasteiger partial charge in [-0.25, -0.2) is 0 Å². The Labute approximate surface area is 290 Å². The molecule has 0 spiro atoms. The van der Waals surface area contributed by atoms with Crippen LogP contribution in [-0.4, -0.2) is 33.2 Å². The quantitative estimate of drug-likeness (QED) is 0.227. The van der Waals surface area contributed by atoms with Crippen LogP contribution < -0.4 is 17.7 Å². The number of rotatable bonds is 7. The van der Waals surface area contributed by atoms with Crippen LogP contribution in [0.4, 0.5) is 0 Å². The molecule has 0 aliphatic heterocycles. The van der Waals surface area contributed by atoms with Crippen molar-refractivity contribution in [1.29, 1.82) is 0 Å². The summed E-state index contributed by atoms with van der Waals surface area (Å²) in [6.45, 7) is 8.56. The van der Waals surface area contributed by atoms with Crippen molar-refractivity contribution < 1.29 is 39.6 Å². The normalized spacial score (nSPS) is 36.7. The Balaban J connectivity index is 0.00000171. The predicted molar refractivity (Wildman–Crippen MR) is 177 cm³/mol. The number of carbonyl (C=O) groups is 1. The fourth-order valence-electron chi connectivity index (χ4n) is 12.6. The first kappa shape index (κ1) is 33.3. The molecule has 0 heterocycles. The molecule has 1 amide bonds. The SMILES string of the molecule is CC(C)N(C(=O)c1cccc(-c2ccccc2P(C23CC4CC(CC(C4)C2)C3)C23CC4CC(CC(C4)C2)C3)c1)C(C)C.[Au+].[Cl-]. The summed E-state index contributed by atoms with van der Waals surface area (Å²) in [5, 5.41) is 2.81. The Morgan fingerprint density at radius 2 is 1.11 bits per heavy atom. The van der Waals surface area contributed by atoms with Crippen LogP contribution in [0.2, 0.25) is 0 Å². The van der Waals surface area contributed by atoms with E-state index in [0.29, 0.717) is 10.3 Å². The van der Waals surface area contributed by atoms with Crippen LogP contribution in [0.3, 0.4) is 0 Å². The van der Waals surface area contributed by atoms with E-state index in [0.717, 1.165) is 41.1 Å². The van der Waals surface area contributed by atoms with Crippen molar-refractivity contribution in [2.24, 2.45) is 35.5 Å². The zero-order chi connectivity index (χ0) is 28.8. The summed E-state index contributed by atoms with van der Waals surface area (Å²) in [6, 6.07) is 18.8. The van der Waals surface area contributed by atoms with Gasteiger partial charge in [-0.05, 0) is 179 Å². The fraction of sp³-hybridized carbons (Fsp3) is 0.667. The summed E-state index contributed by atoms with van der Waals surface area (Å²) < 4.78 is 0. The molecule has 5 heteroatoms. The third kappa shape index (κ3) is 5.53. The minimum Gasteiger partial charge on any atom is -1.00 e. The van der Waals surface area contributed by atoms with Gasteiger partial charge in [-0.3, -0.25) is 4.79 Å². The van der Waals surface area contributed by atoms with E-state index in [2.05, 4.69) is 70.2 Å². The Kier molecular flexibility index (Phi) is 9.40. The molecule has 8 aliphatic carbocycles. The Morgan fingerprint density at radius 3 is 1.55 bits per heavy atom. The largest absolute Gasteiger partial charge is 1.00 e. The molecule has 0 N–H and O–H groups in total. The predicted octanol–water partition coefficient (Wildman–Crippen LogP) is 6.66. The van der Waals surface area contributed by atoms with Crippen molar-refractivity contribution in [3.8, 4) is 11.1 Å². The Bertz CT molecular complexity index is 1250. The van der Waals surface area contributed by atoms with Crippen molar-refractivity contribution >= 4 is 19.1 Å². The van der Waals surface area contributed by atoms with Gasteiger partial charge in [0, 0.05) is 17.6 Å². The fourth-order valence-corrected chi connectivity index (χ4v) is 18.0. The van der Waals surface area contributed by atoms with E-state index in [1.165, 1.54) is 88.2 Å². The number of hydrogen-bond acceptors (Lipinski definition) is 1. The molecule has 8 fully saturated rings. The molecule has 0 saturated heterocycles. The molecule has 8 aliphatic rings. The smallest absolute Gasteiger partial charge is 1.00 e. The van der Waals surface area contributed by atoms with Gasteiger partial charge in [0.2, 0.25) is 0 Å². The maximum absolute atomic E-state index is 13.8. The number of benzene rings is 2. The van der Waals surface area contributed by atoms with E-state index >= 15 is 0 Å². The van der Waals surface area contributed by atoms with Gasteiger partial charge in [0.15, 0.2) is 0 Å². The van der Waals surface area contributed by atoms with E-state index in [1.54, 1.807) is 5.30 Å². The molecule has 2 nitrogen and oxygen atoms in total. The monoisotopic (exact) mass is 813 g/mol. The number of amides is 1. The van der Waals surface area contributed by atoms with Crippen LogP contribution in [0.25, 0.3) is 11.1 Å². The van der Waals surface area contributed by atoms with Gasteiger partial charge in [0.05, 0.1) is 0 Å². The first-order chi connectivity index (χ1) is 20.2. The van der Waals surface area contributed by atoms with Crippen LogP contribution in [0, 0.1) is 35.5 Å². The van der Waals surface area contributed by atoms with Crippen molar-refractivity contribution in [2.75, 3.05) is 0 Å². The second-order valence-electron chi connectivity index (χ2n) is 16.6. The van der Waals surface area contributed by atoms with E-state index in [9.17, 15) is 4.79 Å². The van der Waals surface area contributed by atoms with Gasteiger partial charge in [0.1, 0.15) is 0 Å². The summed E-state index contributed by atoms with van der Waals surface area (Å²) in [5.74, 6) is 6.09. The van der Waals surface area contributed by atoms with Gasteiger partial charge < -0.3 is 17.3 Å². The summed E-state index contributed by atoms with van der Waals surface area (Å²) >= 11 is 0. The second-order valence-corrected chi connectivity index (χ2v) is 19.7. The van der Waals surface area contributed by atoms with E-state index in [4.69, 9.17) is 0 Å².